The summed E-state index contributed by atoms with van der Waals surface area (Å²) in [6, 6.07) is 9.89. The predicted molar refractivity (Wildman–Crippen MR) is 127 cm³/mol. The topological polar surface area (TPSA) is 51.2 Å². The maximum Gasteiger partial charge on any atom is 0.181 e. The summed E-state index contributed by atoms with van der Waals surface area (Å²) in [6.45, 7) is 14.2. The zero-order chi connectivity index (χ0) is 23.1. The van der Waals surface area contributed by atoms with E-state index in [9.17, 15) is 14.2 Å². The van der Waals surface area contributed by atoms with E-state index in [2.05, 4.69) is 32.9 Å². The summed E-state index contributed by atoms with van der Waals surface area (Å²) in [7, 11) is -0.255. The fraction of sp³-hybridized carbons (Fsp3) is 0.481. The lowest BCUT2D eigenvalue weighted by Crippen LogP contribution is -2.41. The van der Waals surface area contributed by atoms with Crippen molar-refractivity contribution in [2.45, 2.75) is 78.3 Å². The van der Waals surface area contributed by atoms with Crippen molar-refractivity contribution in [1.29, 1.82) is 0 Å². The molecule has 1 aliphatic carbocycles. The monoisotopic (exact) mass is 436 g/mol. The van der Waals surface area contributed by atoms with Gasteiger partial charge in [-0.3, -0.25) is 14.2 Å². The van der Waals surface area contributed by atoms with Crippen molar-refractivity contribution in [3.05, 3.63) is 69.3 Å². The minimum absolute atomic E-state index is 0.0137. The van der Waals surface area contributed by atoms with Crippen LogP contribution >= 0.6 is 8.46 Å². The average Bonchev–Trinajstić information content (AvgIpc) is 3.11. The van der Waals surface area contributed by atoms with Gasteiger partial charge >= 0.3 is 0 Å². The van der Waals surface area contributed by atoms with Crippen LogP contribution in [-0.4, -0.2) is 16.7 Å². The largest absolute Gasteiger partial charge is 0.294 e. The van der Waals surface area contributed by atoms with Crippen LogP contribution in [0.1, 0.15) is 88.6 Å². The smallest absolute Gasteiger partial charge is 0.181 e. The Labute approximate surface area is 187 Å². The van der Waals surface area contributed by atoms with E-state index in [0.717, 1.165) is 28.7 Å². The molecule has 0 aromatic heterocycles. The molecule has 2 atom stereocenters. The van der Waals surface area contributed by atoms with Gasteiger partial charge in [0.2, 0.25) is 0 Å². The molecule has 0 heterocycles. The molecule has 1 fully saturated rings. The summed E-state index contributed by atoms with van der Waals surface area (Å²) in [4.78, 5) is 27.6. The van der Waals surface area contributed by atoms with Crippen LogP contribution in [0.5, 0.6) is 0 Å². The van der Waals surface area contributed by atoms with Crippen LogP contribution in [0, 0.1) is 33.6 Å². The van der Waals surface area contributed by atoms with Gasteiger partial charge in [-0.15, -0.1) is 0 Å². The van der Waals surface area contributed by atoms with Gasteiger partial charge in [-0.2, -0.15) is 0 Å². The molecule has 31 heavy (non-hydrogen) atoms. The van der Waals surface area contributed by atoms with E-state index in [1.807, 2.05) is 45.9 Å². The molecule has 0 bridgehead atoms. The molecule has 1 saturated carbocycles. The van der Waals surface area contributed by atoms with E-state index in [1.165, 1.54) is 5.56 Å². The van der Waals surface area contributed by atoms with Crippen LogP contribution in [0.15, 0.2) is 30.3 Å². The summed E-state index contributed by atoms with van der Waals surface area (Å²) in [5.74, 6) is -0.774. The molecular formula is C27H33O3P. The molecule has 0 spiro atoms. The van der Waals surface area contributed by atoms with Gasteiger partial charge in [0.05, 0.1) is 0 Å². The fourth-order valence-corrected chi connectivity index (χ4v) is 5.93. The number of benzene rings is 2. The second-order valence-corrected chi connectivity index (χ2v) is 11.1. The molecule has 2 unspecified atom stereocenters. The molecule has 3 rings (SSSR count). The Morgan fingerprint density at radius 2 is 1.48 bits per heavy atom. The van der Waals surface area contributed by atoms with Gasteiger partial charge in [0.25, 0.3) is 0 Å². The van der Waals surface area contributed by atoms with E-state index in [1.54, 1.807) is 0 Å². The summed E-state index contributed by atoms with van der Waals surface area (Å²) < 4.78 is 12.6. The number of aryl methyl sites for hydroxylation is 4. The first-order valence-corrected chi connectivity index (χ1v) is 11.9. The number of carbonyl (C=O) groups is 2. The SMILES string of the molecule is Cc1cc(C(C)(C)C)cc(C)c1C(=O)C1CCCC1(P=O)C(=O)c1c(C)cccc1C. The Bertz CT molecular complexity index is 1020. The summed E-state index contributed by atoms with van der Waals surface area (Å²) >= 11 is 0. The molecule has 0 saturated heterocycles. The lowest BCUT2D eigenvalue weighted by molar-refractivity contribution is 0.0816. The van der Waals surface area contributed by atoms with Crippen molar-refractivity contribution in [3.8, 4) is 0 Å². The van der Waals surface area contributed by atoms with Crippen LogP contribution in [0.3, 0.4) is 0 Å². The number of Topliss-reactive ketones (excluding diaryl/α,β-unsaturated/α-hetero) is 2. The standard InChI is InChI=1S/C27H33O3P/c1-16-10-8-11-17(2)23(16)25(29)27(31-30)13-9-12-21(27)24(28)22-18(3)14-20(15-19(22)4)26(5,6)7/h8,10-11,14-15,21H,9,12-13H2,1-7H3. The van der Waals surface area contributed by atoms with Crippen molar-refractivity contribution in [2.24, 2.45) is 5.92 Å². The number of ketones is 2. The maximum absolute atomic E-state index is 13.8. The predicted octanol–water partition coefficient (Wildman–Crippen LogP) is 7.11. The van der Waals surface area contributed by atoms with Gasteiger partial charge in [-0.05, 0) is 73.8 Å². The van der Waals surface area contributed by atoms with Crippen LogP contribution < -0.4 is 0 Å². The van der Waals surface area contributed by atoms with Gasteiger partial charge in [-0.1, -0.05) is 57.5 Å². The summed E-state index contributed by atoms with van der Waals surface area (Å²) in [6.07, 6.45) is 1.78. The highest BCUT2D eigenvalue weighted by molar-refractivity contribution is 7.28. The Hall–Kier alpha value is -2.12. The fourth-order valence-electron chi connectivity index (χ4n) is 5.11. The lowest BCUT2D eigenvalue weighted by Gasteiger charge is -2.29. The average molecular weight is 437 g/mol. The van der Waals surface area contributed by atoms with Crippen LogP contribution in [0.2, 0.25) is 0 Å². The molecule has 164 valence electrons. The Morgan fingerprint density at radius 1 is 0.935 bits per heavy atom. The van der Waals surface area contributed by atoms with Crippen molar-refractivity contribution in [2.75, 3.05) is 0 Å². The highest BCUT2D eigenvalue weighted by atomic mass is 31.1. The molecule has 4 heteroatoms. The normalized spacial score (nSPS) is 21.5. The molecule has 3 nitrogen and oxygen atoms in total. The number of hydrogen-bond donors (Lipinski definition) is 0. The van der Waals surface area contributed by atoms with Crippen molar-refractivity contribution in [1.82, 2.24) is 0 Å². The van der Waals surface area contributed by atoms with E-state index in [0.29, 0.717) is 24.0 Å². The highest BCUT2D eigenvalue weighted by Gasteiger charge is 2.54. The molecule has 0 N–H and O–H groups in total. The minimum Gasteiger partial charge on any atom is -0.294 e. The first-order chi connectivity index (χ1) is 14.4. The number of rotatable bonds is 5. The van der Waals surface area contributed by atoms with Crippen molar-refractivity contribution in [3.63, 3.8) is 0 Å². The Morgan fingerprint density at radius 3 is 1.97 bits per heavy atom. The van der Waals surface area contributed by atoms with Gasteiger partial charge < -0.3 is 0 Å². The molecule has 2 aromatic rings. The zero-order valence-corrected chi connectivity index (χ0v) is 20.7. The molecular weight excluding hydrogens is 403 g/mol. The molecule has 2 aromatic carbocycles. The third-order valence-corrected chi connectivity index (χ3v) is 7.92. The summed E-state index contributed by atoms with van der Waals surface area (Å²) in [5, 5.41) is -1.18. The quantitative estimate of drug-likeness (QED) is 0.370. The second-order valence-electron chi connectivity index (χ2n) is 10.2. The first kappa shape index (κ1) is 23.5. The molecule has 0 amide bonds. The van der Waals surface area contributed by atoms with Gasteiger partial charge in [0.15, 0.2) is 20.0 Å². The Kier molecular flexibility index (Phi) is 6.40. The summed E-state index contributed by atoms with van der Waals surface area (Å²) in [5.41, 5.74) is 6.06. The molecule has 1 aliphatic rings. The maximum atomic E-state index is 13.8. The van der Waals surface area contributed by atoms with E-state index >= 15 is 0 Å². The van der Waals surface area contributed by atoms with E-state index < -0.39 is 11.1 Å². The number of carbonyl (C=O) groups excluding carboxylic acids is 2. The lowest BCUT2D eigenvalue weighted by atomic mass is 9.77. The van der Waals surface area contributed by atoms with Gasteiger partial charge in [0, 0.05) is 17.0 Å². The van der Waals surface area contributed by atoms with Crippen molar-refractivity contribution >= 4 is 20.0 Å². The zero-order valence-electron chi connectivity index (χ0n) is 19.8. The second kappa shape index (κ2) is 8.43. The highest BCUT2D eigenvalue weighted by Crippen LogP contribution is 2.50. The third kappa shape index (κ3) is 4.05. The van der Waals surface area contributed by atoms with Gasteiger partial charge in [-0.25, -0.2) is 0 Å². The van der Waals surface area contributed by atoms with Crippen LogP contribution in [0.25, 0.3) is 0 Å². The third-order valence-electron chi connectivity index (χ3n) is 6.85. The van der Waals surface area contributed by atoms with Gasteiger partial charge in [0.1, 0.15) is 5.16 Å². The van der Waals surface area contributed by atoms with Crippen LogP contribution in [0.4, 0.5) is 0 Å². The Balaban J connectivity index is 2.09. The number of hydrogen-bond acceptors (Lipinski definition) is 3. The molecule has 0 radical (unpaired) electrons. The van der Waals surface area contributed by atoms with Crippen molar-refractivity contribution < 1.29 is 14.2 Å². The first-order valence-electron chi connectivity index (χ1n) is 11.1. The minimum atomic E-state index is -1.18. The molecule has 0 aliphatic heterocycles. The van der Waals surface area contributed by atoms with E-state index in [-0.39, 0.29) is 25.4 Å². The van der Waals surface area contributed by atoms with E-state index in [4.69, 9.17) is 0 Å². The van der Waals surface area contributed by atoms with Crippen LogP contribution in [-0.2, 0) is 9.98 Å².